The van der Waals surface area contributed by atoms with E-state index in [2.05, 4.69) is 205 Å². The van der Waals surface area contributed by atoms with Crippen molar-refractivity contribution in [1.29, 1.82) is 0 Å². The molecule has 11 aromatic carbocycles. The number of fused-ring (bicyclic) bond motifs is 13. The first-order valence-electron chi connectivity index (χ1n) is 19.1. The molecule has 0 atom stereocenters. The van der Waals surface area contributed by atoms with Crippen molar-refractivity contribution in [3.05, 3.63) is 200 Å². The third-order valence-electron chi connectivity index (χ3n) is 11.9. The van der Waals surface area contributed by atoms with Crippen molar-refractivity contribution in [2.75, 3.05) is 0 Å². The molecule has 12 rings (SSSR count). The number of rotatable bonds is 3. The van der Waals surface area contributed by atoms with Gasteiger partial charge in [-0.2, -0.15) is 0 Å². The van der Waals surface area contributed by atoms with Gasteiger partial charge in [-0.25, -0.2) is 0 Å². The highest BCUT2D eigenvalue weighted by Crippen LogP contribution is 2.50. The largest absolute Gasteiger partial charge is 0.309 e. The minimum absolute atomic E-state index is 1.17. The first-order chi connectivity index (χ1) is 27.3. The van der Waals surface area contributed by atoms with E-state index in [1.54, 1.807) is 0 Å². The van der Waals surface area contributed by atoms with Crippen molar-refractivity contribution in [2.45, 2.75) is 0 Å². The van der Waals surface area contributed by atoms with Crippen LogP contribution >= 0.6 is 0 Å². The third kappa shape index (κ3) is 4.24. The Kier molecular flexibility index (Phi) is 6.40. The van der Waals surface area contributed by atoms with E-state index >= 15 is 0 Å². The lowest BCUT2D eigenvalue weighted by molar-refractivity contribution is 1.19. The van der Waals surface area contributed by atoms with Gasteiger partial charge in [-0.05, 0) is 100 Å². The normalized spacial score (nSPS) is 12.0. The summed E-state index contributed by atoms with van der Waals surface area (Å²) in [6, 6.07) is 74.0. The summed E-state index contributed by atoms with van der Waals surface area (Å²) in [7, 11) is 0. The molecule has 0 amide bonds. The molecule has 12 aromatic rings. The lowest BCUT2D eigenvalue weighted by atomic mass is 9.82. The highest BCUT2D eigenvalue weighted by molar-refractivity contribution is 6.39. The van der Waals surface area contributed by atoms with Crippen LogP contribution < -0.4 is 0 Å². The fraction of sp³-hybridized carbons (Fsp3) is 0. The first-order valence-corrected chi connectivity index (χ1v) is 19.1. The van der Waals surface area contributed by atoms with Crippen molar-refractivity contribution in [2.24, 2.45) is 0 Å². The summed E-state index contributed by atoms with van der Waals surface area (Å²) in [5, 5.41) is 17.8. The number of hydrogen-bond donors (Lipinski definition) is 0. The third-order valence-corrected chi connectivity index (χ3v) is 11.9. The van der Waals surface area contributed by atoms with E-state index in [0.717, 1.165) is 0 Å². The van der Waals surface area contributed by atoms with Crippen LogP contribution in [0, 0.1) is 0 Å². The fourth-order valence-corrected chi connectivity index (χ4v) is 9.73. The molecule has 0 fully saturated rings. The zero-order chi connectivity index (χ0) is 36.0. The average Bonchev–Trinajstić information content (AvgIpc) is 3.61. The molecule has 1 nitrogen and oxygen atoms in total. The molecular formula is C54H33N. The maximum absolute atomic E-state index is 2.51. The molecule has 0 N–H and O–H groups in total. The number of nitrogens with zero attached hydrogens (tertiary/aromatic N) is 1. The Bertz CT molecular complexity index is 3470. The van der Waals surface area contributed by atoms with Gasteiger partial charge in [0, 0.05) is 27.2 Å². The van der Waals surface area contributed by atoms with E-state index < -0.39 is 0 Å². The first kappa shape index (κ1) is 30.3. The summed E-state index contributed by atoms with van der Waals surface area (Å²) in [6.45, 7) is 0. The minimum atomic E-state index is 1.17. The lowest BCUT2D eigenvalue weighted by Crippen LogP contribution is -1.95. The standard InChI is InChI=1S/C54H33N/c1-2-19-35(20-3-1)55-49-32-15-14-30-46(49)53-52-40-24-8-6-22-37(40)47(33-48(52)38-23-7-13-29-45(38)54(53)55)51-43-27-11-9-25-41(43)50(42-26-10-12-28-44(42)51)39-31-16-18-34-17-4-5-21-36(34)39/h1-33H. The summed E-state index contributed by atoms with van der Waals surface area (Å²) < 4.78 is 2.47. The van der Waals surface area contributed by atoms with Gasteiger partial charge in [0.2, 0.25) is 0 Å². The highest BCUT2D eigenvalue weighted by atomic mass is 15.0. The maximum atomic E-state index is 2.51. The van der Waals surface area contributed by atoms with Crippen LogP contribution in [0.25, 0.3) is 114 Å². The van der Waals surface area contributed by atoms with Gasteiger partial charge in [0.15, 0.2) is 0 Å². The Hall–Kier alpha value is -7.22. The Morgan fingerprint density at radius 2 is 0.764 bits per heavy atom. The molecule has 55 heavy (non-hydrogen) atoms. The summed E-state index contributed by atoms with van der Waals surface area (Å²) in [5.74, 6) is 0. The zero-order valence-corrected chi connectivity index (χ0v) is 30.0. The Labute approximate surface area is 317 Å². The van der Waals surface area contributed by atoms with Crippen LogP contribution in [0.15, 0.2) is 200 Å². The molecule has 0 aliphatic heterocycles. The average molecular weight is 696 g/mol. The Morgan fingerprint density at radius 3 is 1.45 bits per heavy atom. The molecule has 0 aliphatic carbocycles. The number of hydrogen-bond acceptors (Lipinski definition) is 0. The fourth-order valence-electron chi connectivity index (χ4n) is 9.73. The summed E-state index contributed by atoms with van der Waals surface area (Å²) in [6.07, 6.45) is 0. The lowest BCUT2D eigenvalue weighted by Gasteiger charge is -2.21. The second-order valence-electron chi connectivity index (χ2n) is 14.7. The van der Waals surface area contributed by atoms with E-state index in [1.807, 2.05) is 0 Å². The molecule has 0 aliphatic rings. The van der Waals surface area contributed by atoms with Crippen LogP contribution in [0.2, 0.25) is 0 Å². The monoisotopic (exact) mass is 695 g/mol. The van der Waals surface area contributed by atoms with Gasteiger partial charge < -0.3 is 4.57 Å². The van der Waals surface area contributed by atoms with Crippen LogP contribution in [0.4, 0.5) is 0 Å². The van der Waals surface area contributed by atoms with Crippen LogP contribution in [0.3, 0.4) is 0 Å². The molecule has 1 aromatic heterocycles. The molecular weight excluding hydrogens is 663 g/mol. The van der Waals surface area contributed by atoms with Gasteiger partial charge in [0.1, 0.15) is 0 Å². The number of aromatic nitrogens is 1. The SMILES string of the molecule is c1ccc(-n2c3ccccc3c3c4c5ccccc5c(-c5c6ccccc6c(-c6cccc7ccccc67)c6ccccc56)cc4c4ccccc4c32)cc1. The topological polar surface area (TPSA) is 4.93 Å². The van der Waals surface area contributed by atoms with E-state index in [9.17, 15) is 0 Å². The molecule has 0 saturated carbocycles. The minimum Gasteiger partial charge on any atom is -0.309 e. The van der Waals surface area contributed by atoms with Crippen LogP contribution in [-0.4, -0.2) is 4.57 Å². The summed E-state index contributed by atoms with van der Waals surface area (Å²) >= 11 is 0. The van der Waals surface area contributed by atoms with Crippen LogP contribution in [-0.2, 0) is 0 Å². The number of para-hydroxylation sites is 2. The van der Waals surface area contributed by atoms with E-state index in [-0.39, 0.29) is 0 Å². The van der Waals surface area contributed by atoms with Gasteiger partial charge in [-0.15, -0.1) is 0 Å². The van der Waals surface area contributed by atoms with E-state index in [4.69, 9.17) is 0 Å². The van der Waals surface area contributed by atoms with Crippen molar-refractivity contribution in [1.82, 2.24) is 4.57 Å². The van der Waals surface area contributed by atoms with Crippen molar-refractivity contribution in [3.8, 4) is 27.9 Å². The molecule has 0 radical (unpaired) electrons. The Balaban J connectivity index is 1.29. The molecule has 254 valence electrons. The predicted octanol–water partition coefficient (Wildman–Crippen LogP) is 15.0. The highest BCUT2D eigenvalue weighted by Gasteiger charge is 2.24. The summed E-state index contributed by atoms with van der Waals surface area (Å²) in [5.41, 5.74) is 8.74. The van der Waals surface area contributed by atoms with Gasteiger partial charge in [-0.3, -0.25) is 0 Å². The van der Waals surface area contributed by atoms with Crippen molar-refractivity contribution in [3.63, 3.8) is 0 Å². The molecule has 0 unspecified atom stereocenters. The molecule has 0 saturated heterocycles. The predicted molar refractivity (Wildman–Crippen MR) is 237 cm³/mol. The van der Waals surface area contributed by atoms with Gasteiger partial charge in [0.05, 0.1) is 11.0 Å². The van der Waals surface area contributed by atoms with Gasteiger partial charge in [0.25, 0.3) is 0 Å². The number of benzene rings is 11. The smallest absolute Gasteiger partial charge is 0.0626 e. The molecule has 0 bridgehead atoms. The van der Waals surface area contributed by atoms with Crippen molar-refractivity contribution < 1.29 is 0 Å². The molecule has 1 heteroatoms. The second kappa shape index (κ2) is 11.6. The van der Waals surface area contributed by atoms with E-state index in [0.29, 0.717) is 0 Å². The molecule has 0 spiro atoms. The molecule has 1 heterocycles. The summed E-state index contributed by atoms with van der Waals surface area (Å²) in [4.78, 5) is 0. The van der Waals surface area contributed by atoms with Crippen LogP contribution in [0.5, 0.6) is 0 Å². The van der Waals surface area contributed by atoms with Crippen LogP contribution in [0.1, 0.15) is 0 Å². The Morgan fingerprint density at radius 1 is 0.273 bits per heavy atom. The van der Waals surface area contributed by atoms with Gasteiger partial charge in [-0.1, -0.05) is 176 Å². The van der Waals surface area contributed by atoms with Crippen molar-refractivity contribution >= 4 is 86.4 Å². The zero-order valence-electron chi connectivity index (χ0n) is 30.0. The van der Waals surface area contributed by atoms with Gasteiger partial charge >= 0.3 is 0 Å². The maximum Gasteiger partial charge on any atom is 0.0626 e. The second-order valence-corrected chi connectivity index (χ2v) is 14.7. The quantitative estimate of drug-likeness (QED) is 0.128. The van der Waals surface area contributed by atoms with E-state index in [1.165, 1.54) is 114 Å².